The lowest BCUT2D eigenvalue weighted by Crippen LogP contribution is -2.39. The predicted octanol–water partition coefficient (Wildman–Crippen LogP) is 4.66. The van der Waals surface area contributed by atoms with Gasteiger partial charge in [0.05, 0.1) is 11.6 Å². The molecule has 0 spiro atoms. The van der Waals surface area contributed by atoms with Crippen LogP contribution in [0.15, 0.2) is 48.5 Å². The number of carbonyl (C=O) groups excluding carboxylic acids is 1. The second kappa shape index (κ2) is 9.59. The maximum Gasteiger partial charge on any atom is 0.273 e. The number of hydrogen-bond acceptors (Lipinski definition) is 6. The summed E-state index contributed by atoms with van der Waals surface area (Å²) in [7, 11) is 0. The summed E-state index contributed by atoms with van der Waals surface area (Å²) in [5, 5.41) is 15.6. The minimum absolute atomic E-state index is 0.0414. The highest BCUT2D eigenvalue weighted by atomic mass is 19.1. The Morgan fingerprint density at radius 3 is 2.70 bits per heavy atom. The first kappa shape index (κ1) is 25.0. The van der Waals surface area contributed by atoms with Crippen LogP contribution in [0, 0.1) is 11.7 Å². The second-order valence-corrected chi connectivity index (χ2v) is 11.4. The van der Waals surface area contributed by atoms with Crippen molar-refractivity contribution in [2.45, 2.75) is 44.6 Å². The van der Waals surface area contributed by atoms with Crippen LogP contribution in [0.5, 0.6) is 5.75 Å². The number of nitrogens with two attached hydrogens (primary N) is 1. The Bertz CT molecular complexity index is 1610. The van der Waals surface area contributed by atoms with Crippen LogP contribution in [0.3, 0.4) is 0 Å². The lowest BCUT2D eigenvalue weighted by molar-refractivity contribution is 0.0671. The molecule has 3 N–H and O–H groups in total. The minimum atomic E-state index is -0.542. The lowest BCUT2D eigenvalue weighted by atomic mass is 9.93. The molecule has 206 valence electrons. The number of nitrogens with zero attached hydrogens (tertiary/aromatic N) is 5. The van der Waals surface area contributed by atoms with Gasteiger partial charge in [0.25, 0.3) is 5.91 Å². The van der Waals surface area contributed by atoms with Crippen LogP contribution in [0.2, 0.25) is 0 Å². The quantitative estimate of drug-likeness (QED) is 0.382. The van der Waals surface area contributed by atoms with E-state index in [4.69, 9.17) is 10.7 Å². The molecule has 7 rings (SSSR count). The van der Waals surface area contributed by atoms with Gasteiger partial charge in [0.15, 0.2) is 5.65 Å². The van der Waals surface area contributed by atoms with Crippen LogP contribution in [-0.4, -0.2) is 56.7 Å². The summed E-state index contributed by atoms with van der Waals surface area (Å²) in [6, 6.07) is 14.8. The van der Waals surface area contributed by atoms with Gasteiger partial charge < -0.3 is 20.6 Å². The average Bonchev–Trinajstić information content (AvgIpc) is 3.53. The van der Waals surface area contributed by atoms with Gasteiger partial charge >= 0.3 is 0 Å². The summed E-state index contributed by atoms with van der Waals surface area (Å²) in [5.41, 5.74) is 11.0. The molecule has 40 heavy (non-hydrogen) atoms. The molecule has 4 heterocycles. The third kappa shape index (κ3) is 4.20. The van der Waals surface area contributed by atoms with Crippen LogP contribution >= 0.6 is 0 Å². The Morgan fingerprint density at radius 1 is 1.12 bits per heavy atom. The van der Waals surface area contributed by atoms with Crippen LogP contribution in [0.4, 0.5) is 10.1 Å². The Hall–Kier alpha value is -3.98. The number of benzene rings is 2. The highest BCUT2D eigenvalue weighted by Crippen LogP contribution is 2.42. The lowest BCUT2D eigenvalue weighted by Gasteiger charge is -2.35. The molecule has 1 unspecified atom stereocenters. The van der Waals surface area contributed by atoms with Crippen molar-refractivity contribution >= 4 is 17.2 Å². The third-order valence-electron chi connectivity index (χ3n) is 8.82. The topological polar surface area (TPSA) is 100.0 Å². The number of anilines is 1. The molecule has 3 aliphatic rings. The summed E-state index contributed by atoms with van der Waals surface area (Å²) >= 11 is 0. The van der Waals surface area contributed by atoms with Crippen molar-refractivity contribution in [3.8, 4) is 17.0 Å². The summed E-state index contributed by atoms with van der Waals surface area (Å²) in [6.45, 7) is 4.80. The summed E-state index contributed by atoms with van der Waals surface area (Å²) in [6.07, 6.45) is 3.76. The van der Waals surface area contributed by atoms with Gasteiger partial charge in [0.1, 0.15) is 23.0 Å². The van der Waals surface area contributed by atoms with Gasteiger partial charge in [0.2, 0.25) is 0 Å². The maximum atomic E-state index is 15.5. The van der Waals surface area contributed by atoms with E-state index in [1.54, 1.807) is 16.6 Å². The van der Waals surface area contributed by atoms with E-state index in [0.29, 0.717) is 41.7 Å². The zero-order valence-electron chi connectivity index (χ0n) is 22.6. The van der Waals surface area contributed by atoms with Gasteiger partial charge in [-0.25, -0.2) is 13.9 Å². The summed E-state index contributed by atoms with van der Waals surface area (Å²) < 4.78 is 17.2. The number of hydrogen-bond donors (Lipinski definition) is 2. The van der Waals surface area contributed by atoms with Gasteiger partial charge in [0, 0.05) is 49.1 Å². The van der Waals surface area contributed by atoms with Crippen molar-refractivity contribution in [3.05, 3.63) is 76.9 Å². The first-order valence-electron chi connectivity index (χ1n) is 14.2. The summed E-state index contributed by atoms with van der Waals surface area (Å²) in [4.78, 5) is 22.4. The first-order chi connectivity index (χ1) is 19.4. The van der Waals surface area contributed by atoms with E-state index in [1.165, 1.54) is 17.2 Å². The molecule has 0 bridgehead atoms. The van der Waals surface area contributed by atoms with Gasteiger partial charge in [-0.15, -0.1) is 0 Å². The van der Waals surface area contributed by atoms with E-state index >= 15 is 4.39 Å². The zero-order chi connectivity index (χ0) is 27.5. The SMILES string of the molecule is C[C@@H]1c2ccccc2CCN1C(=O)c1cc(C2CC2)n2nc(-c3c(O)cc(N4CCC(CN)C4)cc3F)cc2n1. The van der Waals surface area contributed by atoms with E-state index in [1.807, 2.05) is 23.1 Å². The van der Waals surface area contributed by atoms with Gasteiger partial charge in [-0.2, -0.15) is 5.10 Å². The number of phenolic OH excluding ortho intramolecular Hbond substituents is 1. The summed E-state index contributed by atoms with van der Waals surface area (Å²) in [5.74, 6) is -0.182. The largest absolute Gasteiger partial charge is 0.507 e. The molecular formula is C31H33FN6O2. The Morgan fingerprint density at radius 2 is 1.95 bits per heavy atom. The van der Waals surface area contributed by atoms with Crippen molar-refractivity contribution < 1.29 is 14.3 Å². The number of halogens is 1. The molecular weight excluding hydrogens is 507 g/mol. The molecule has 2 aromatic carbocycles. The second-order valence-electron chi connectivity index (χ2n) is 11.4. The van der Waals surface area contributed by atoms with Crippen LogP contribution in [0.25, 0.3) is 16.9 Å². The van der Waals surface area contributed by atoms with Crippen LogP contribution in [-0.2, 0) is 6.42 Å². The fourth-order valence-electron chi connectivity index (χ4n) is 6.37. The molecule has 4 aromatic rings. The number of carbonyl (C=O) groups is 1. The third-order valence-corrected chi connectivity index (χ3v) is 8.82. The van der Waals surface area contributed by atoms with Crippen molar-refractivity contribution in [3.63, 3.8) is 0 Å². The molecule has 9 heteroatoms. The first-order valence-corrected chi connectivity index (χ1v) is 14.2. The normalized spacial score (nSPS) is 20.8. The number of fused-ring (bicyclic) bond motifs is 2. The van der Waals surface area contributed by atoms with Crippen LogP contribution in [0.1, 0.15) is 65.5 Å². The van der Waals surface area contributed by atoms with Crippen LogP contribution < -0.4 is 10.6 Å². The zero-order valence-corrected chi connectivity index (χ0v) is 22.6. The van der Waals surface area contributed by atoms with Crippen molar-refractivity contribution in [1.29, 1.82) is 0 Å². The average molecular weight is 541 g/mol. The Balaban J connectivity index is 1.24. The maximum absolute atomic E-state index is 15.5. The van der Waals surface area contributed by atoms with Crippen molar-refractivity contribution in [2.75, 3.05) is 31.1 Å². The molecule has 2 aliphatic heterocycles. The fourth-order valence-corrected chi connectivity index (χ4v) is 6.37. The molecule has 0 radical (unpaired) electrons. The van der Waals surface area contributed by atoms with Gasteiger partial charge in [-0.05, 0) is 68.3 Å². The van der Waals surface area contributed by atoms with Gasteiger partial charge in [-0.3, -0.25) is 4.79 Å². The van der Waals surface area contributed by atoms with E-state index in [0.717, 1.165) is 44.5 Å². The molecule has 2 fully saturated rings. The number of amides is 1. The number of rotatable bonds is 5. The highest BCUT2D eigenvalue weighted by Gasteiger charge is 2.33. The molecule has 1 saturated heterocycles. The number of aromatic nitrogens is 3. The smallest absolute Gasteiger partial charge is 0.273 e. The number of aromatic hydroxyl groups is 1. The van der Waals surface area contributed by atoms with Crippen molar-refractivity contribution in [2.24, 2.45) is 11.7 Å². The molecule has 2 aromatic heterocycles. The highest BCUT2D eigenvalue weighted by molar-refractivity contribution is 5.93. The number of phenols is 1. The predicted molar refractivity (Wildman–Crippen MR) is 151 cm³/mol. The fraction of sp³-hybridized carbons (Fsp3) is 0.387. The van der Waals surface area contributed by atoms with Crippen molar-refractivity contribution in [1.82, 2.24) is 19.5 Å². The Kier molecular flexibility index (Phi) is 6.00. The van der Waals surface area contributed by atoms with E-state index < -0.39 is 5.82 Å². The minimum Gasteiger partial charge on any atom is -0.507 e. The van der Waals surface area contributed by atoms with E-state index in [-0.39, 0.29) is 29.2 Å². The molecule has 1 saturated carbocycles. The molecule has 1 aliphatic carbocycles. The Labute approximate surface area is 232 Å². The van der Waals surface area contributed by atoms with E-state index in [2.05, 4.69) is 29.1 Å². The molecule has 2 atom stereocenters. The van der Waals surface area contributed by atoms with E-state index in [9.17, 15) is 9.90 Å². The molecule has 1 amide bonds. The standard InChI is InChI=1S/C31H33FN6O2/c1-18-23-5-3-2-4-20(23)9-11-37(18)31(40)26-14-27(21-6-7-21)38-29(34-26)15-25(35-38)30-24(32)12-22(13-28(30)39)36-10-8-19(16-33)17-36/h2-5,12-15,18-19,21,39H,6-11,16-17,33H2,1H3/t18-,19?/m1/s1. The molecule has 8 nitrogen and oxygen atoms in total. The van der Waals surface area contributed by atoms with Gasteiger partial charge in [-0.1, -0.05) is 24.3 Å². The monoisotopic (exact) mass is 540 g/mol.